The number of halogens is 1. The van der Waals surface area contributed by atoms with Crippen molar-refractivity contribution in [1.82, 2.24) is 9.97 Å². The van der Waals surface area contributed by atoms with E-state index < -0.39 is 11.7 Å². The number of amides is 1. The van der Waals surface area contributed by atoms with Crippen LogP contribution < -0.4 is 11.1 Å². The van der Waals surface area contributed by atoms with Gasteiger partial charge in [0, 0.05) is 17.8 Å². The van der Waals surface area contributed by atoms with E-state index in [1.807, 2.05) is 24.3 Å². The molecule has 3 N–H and O–H groups in total. The van der Waals surface area contributed by atoms with Crippen LogP contribution in [0.2, 0.25) is 0 Å². The van der Waals surface area contributed by atoms with Gasteiger partial charge in [0.2, 0.25) is 0 Å². The molecule has 0 saturated carbocycles. The zero-order chi connectivity index (χ0) is 14.8. The first-order valence-electron chi connectivity index (χ1n) is 6.22. The first-order valence-corrected chi connectivity index (χ1v) is 6.22. The van der Waals surface area contributed by atoms with E-state index in [1.54, 1.807) is 12.3 Å². The molecule has 0 fully saturated rings. The predicted molar refractivity (Wildman–Crippen MR) is 77.7 cm³/mol. The van der Waals surface area contributed by atoms with Gasteiger partial charge < -0.3 is 11.1 Å². The number of aromatic nitrogens is 2. The van der Waals surface area contributed by atoms with E-state index in [0.29, 0.717) is 5.69 Å². The van der Waals surface area contributed by atoms with Crippen LogP contribution in [0.5, 0.6) is 0 Å². The number of carbonyl (C=O) groups excluding carboxylic acids is 1. The lowest BCUT2D eigenvalue weighted by atomic mass is 10.1. The molecule has 2 aromatic heterocycles. The summed E-state index contributed by atoms with van der Waals surface area (Å²) in [7, 11) is 0. The molecule has 3 rings (SSSR count). The van der Waals surface area contributed by atoms with Gasteiger partial charge in [0.1, 0.15) is 17.2 Å². The summed E-state index contributed by atoms with van der Waals surface area (Å²) in [6.45, 7) is 0. The lowest BCUT2D eigenvalue weighted by Gasteiger charge is -2.11. The van der Waals surface area contributed by atoms with Crippen LogP contribution in [0.3, 0.4) is 0 Å². The van der Waals surface area contributed by atoms with Crippen LogP contribution in [0.1, 0.15) is 10.4 Å². The molecular weight excluding hydrogens is 271 g/mol. The maximum Gasteiger partial charge on any atom is 0.255 e. The highest BCUT2D eigenvalue weighted by Crippen LogP contribution is 2.26. The lowest BCUT2D eigenvalue weighted by Crippen LogP contribution is -2.16. The second-order valence-corrected chi connectivity index (χ2v) is 4.38. The molecule has 21 heavy (non-hydrogen) atoms. The molecule has 0 aliphatic heterocycles. The fourth-order valence-electron chi connectivity index (χ4n) is 2.10. The number of nitrogens with two attached hydrogens (primary N) is 1. The number of primary amides is 1. The van der Waals surface area contributed by atoms with E-state index >= 15 is 0 Å². The molecule has 1 aromatic carbocycles. The SMILES string of the molecule is NC(=O)c1c(F)ccnc1Nc1ccnc2ccccc12. The molecule has 0 aliphatic carbocycles. The highest BCUT2D eigenvalue weighted by atomic mass is 19.1. The Morgan fingerprint density at radius 2 is 1.86 bits per heavy atom. The van der Waals surface area contributed by atoms with Gasteiger partial charge in [0.15, 0.2) is 0 Å². The maximum atomic E-state index is 13.7. The summed E-state index contributed by atoms with van der Waals surface area (Å²) >= 11 is 0. The zero-order valence-electron chi connectivity index (χ0n) is 10.9. The van der Waals surface area contributed by atoms with Crippen molar-refractivity contribution in [2.75, 3.05) is 5.32 Å². The third-order valence-electron chi connectivity index (χ3n) is 3.05. The Morgan fingerprint density at radius 1 is 1.10 bits per heavy atom. The van der Waals surface area contributed by atoms with E-state index in [4.69, 9.17) is 5.73 Å². The Balaban J connectivity index is 2.12. The molecule has 0 saturated heterocycles. The average Bonchev–Trinajstić information content (AvgIpc) is 2.47. The van der Waals surface area contributed by atoms with E-state index in [-0.39, 0.29) is 11.4 Å². The second kappa shape index (κ2) is 5.16. The van der Waals surface area contributed by atoms with Gasteiger partial charge in [-0.1, -0.05) is 18.2 Å². The van der Waals surface area contributed by atoms with Gasteiger partial charge in [0.25, 0.3) is 5.91 Å². The van der Waals surface area contributed by atoms with E-state index in [9.17, 15) is 9.18 Å². The van der Waals surface area contributed by atoms with Crippen molar-refractivity contribution >= 4 is 28.3 Å². The number of nitrogens with zero attached hydrogens (tertiary/aromatic N) is 2. The van der Waals surface area contributed by atoms with E-state index in [1.165, 1.54) is 6.20 Å². The van der Waals surface area contributed by atoms with Gasteiger partial charge in [-0.2, -0.15) is 0 Å². The smallest absolute Gasteiger partial charge is 0.255 e. The zero-order valence-corrected chi connectivity index (χ0v) is 10.9. The Bertz CT molecular complexity index is 830. The monoisotopic (exact) mass is 282 g/mol. The number of pyridine rings is 2. The molecule has 0 aliphatic rings. The van der Waals surface area contributed by atoms with Crippen molar-refractivity contribution < 1.29 is 9.18 Å². The number of hydrogen-bond donors (Lipinski definition) is 2. The first kappa shape index (κ1) is 13.0. The Labute approximate surface area is 119 Å². The number of rotatable bonds is 3. The molecule has 0 bridgehead atoms. The molecular formula is C15H11FN4O. The van der Waals surface area contributed by atoms with Crippen molar-refractivity contribution in [3.8, 4) is 0 Å². The number of fused-ring (bicyclic) bond motifs is 1. The molecule has 104 valence electrons. The number of anilines is 2. The normalized spacial score (nSPS) is 10.5. The highest BCUT2D eigenvalue weighted by Gasteiger charge is 2.16. The molecule has 0 radical (unpaired) electrons. The summed E-state index contributed by atoms with van der Waals surface area (Å²) in [5, 5.41) is 3.78. The largest absolute Gasteiger partial charge is 0.365 e. The number of para-hydroxylation sites is 1. The van der Waals surface area contributed by atoms with Crippen molar-refractivity contribution in [1.29, 1.82) is 0 Å². The van der Waals surface area contributed by atoms with Crippen LogP contribution in [0.4, 0.5) is 15.9 Å². The molecule has 1 amide bonds. The topological polar surface area (TPSA) is 80.9 Å². The van der Waals surface area contributed by atoms with Gasteiger partial charge in [0.05, 0.1) is 11.2 Å². The first-order chi connectivity index (χ1) is 10.2. The Hall–Kier alpha value is -3.02. The molecule has 0 unspecified atom stereocenters. The third kappa shape index (κ3) is 2.38. The van der Waals surface area contributed by atoms with Gasteiger partial charge in [-0.25, -0.2) is 9.37 Å². The van der Waals surface area contributed by atoms with Crippen molar-refractivity contribution in [2.24, 2.45) is 5.73 Å². The van der Waals surface area contributed by atoms with E-state index in [0.717, 1.165) is 17.0 Å². The molecule has 0 spiro atoms. The van der Waals surface area contributed by atoms with E-state index in [2.05, 4.69) is 15.3 Å². The summed E-state index contributed by atoms with van der Waals surface area (Å²) < 4.78 is 13.7. The number of carbonyl (C=O) groups is 1. The van der Waals surface area contributed by atoms with Crippen LogP contribution in [0, 0.1) is 5.82 Å². The standard InChI is InChI=1S/C15H11FN4O/c16-10-5-7-19-15(13(10)14(17)21)20-12-6-8-18-11-4-2-1-3-9(11)12/h1-8H,(H2,17,21)(H,18,19,20). The number of hydrogen-bond acceptors (Lipinski definition) is 4. The van der Waals surface area contributed by atoms with Gasteiger partial charge >= 0.3 is 0 Å². The van der Waals surface area contributed by atoms with Crippen molar-refractivity contribution in [3.05, 3.63) is 60.2 Å². The fraction of sp³-hybridized carbons (Fsp3) is 0. The predicted octanol–water partition coefficient (Wildman–Crippen LogP) is 2.61. The molecule has 3 aromatic rings. The van der Waals surface area contributed by atoms with Crippen LogP contribution in [0.15, 0.2) is 48.8 Å². The molecule has 6 heteroatoms. The average molecular weight is 282 g/mol. The van der Waals surface area contributed by atoms with Crippen LogP contribution in [-0.2, 0) is 0 Å². The summed E-state index contributed by atoms with van der Waals surface area (Å²) in [5.74, 6) is -1.50. The Kier molecular flexibility index (Phi) is 3.19. The van der Waals surface area contributed by atoms with Crippen molar-refractivity contribution in [3.63, 3.8) is 0 Å². The minimum Gasteiger partial charge on any atom is -0.365 e. The summed E-state index contributed by atoms with van der Waals surface area (Å²) in [4.78, 5) is 19.6. The highest BCUT2D eigenvalue weighted by molar-refractivity contribution is 6.00. The fourth-order valence-corrected chi connectivity index (χ4v) is 2.10. The summed E-state index contributed by atoms with van der Waals surface area (Å²) in [5.41, 5.74) is 6.39. The quantitative estimate of drug-likeness (QED) is 0.773. The van der Waals surface area contributed by atoms with Gasteiger partial charge in [-0.15, -0.1) is 0 Å². The van der Waals surface area contributed by atoms with Crippen LogP contribution in [-0.4, -0.2) is 15.9 Å². The minimum absolute atomic E-state index is 0.0823. The maximum absolute atomic E-state index is 13.7. The summed E-state index contributed by atoms with van der Waals surface area (Å²) in [6.07, 6.45) is 2.89. The third-order valence-corrected chi connectivity index (χ3v) is 3.05. The number of benzene rings is 1. The summed E-state index contributed by atoms with van der Waals surface area (Å²) in [6, 6.07) is 10.3. The Morgan fingerprint density at radius 3 is 2.67 bits per heavy atom. The number of nitrogens with one attached hydrogen (secondary N) is 1. The van der Waals surface area contributed by atoms with Crippen molar-refractivity contribution in [2.45, 2.75) is 0 Å². The molecule has 0 atom stereocenters. The molecule has 5 nitrogen and oxygen atoms in total. The molecule has 2 heterocycles. The lowest BCUT2D eigenvalue weighted by molar-refractivity contribution is 0.0997. The van der Waals surface area contributed by atoms with Gasteiger partial charge in [-0.3, -0.25) is 9.78 Å². The van der Waals surface area contributed by atoms with Crippen LogP contribution in [0.25, 0.3) is 10.9 Å². The minimum atomic E-state index is -0.874. The second-order valence-electron chi connectivity index (χ2n) is 4.38. The van der Waals surface area contributed by atoms with Gasteiger partial charge in [-0.05, 0) is 18.2 Å². The van der Waals surface area contributed by atoms with Crippen LogP contribution >= 0.6 is 0 Å².